The van der Waals surface area contributed by atoms with Crippen LogP contribution in [0.2, 0.25) is 0 Å². The Morgan fingerprint density at radius 3 is 0.889 bits per heavy atom. The van der Waals surface area contributed by atoms with E-state index in [1.165, 1.54) is 161 Å². The van der Waals surface area contributed by atoms with E-state index in [9.17, 15) is 4.79 Å². The third-order valence-electron chi connectivity index (χ3n) is 7.05. The van der Waals surface area contributed by atoms with E-state index in [-0.39, 0.29) is 6.15 Å². The molecule has 0 fully saturated rings. The summed E-state index contributed by atoms with van der Waals surface area (Å²) in [6.07, 6.45) is 37.1. The number of unbranched alkanes of at least 4 members (excludes halogenated alkanes) is 25. The van der Waals surface area contributed by atoms with E-state index in [0.717, 1.165) is 19.4 Å². The van der Waals surface area contributed by atoms with Crippen LogP contribution in [-0.2, 0) is 4.79 Å². The van der Waals surface area contributed by atoms with Crippen LogP contribution in [0.4, 0.5) is 0 Å². The van der Waals surface area contributed by atoms with Crippen molar-refractivity contribution in [1.82, 2.24) is 6.15 Å². The Kier molecular flexibility index (Phi) is 43.1. The zero-order valence-corrected chi connectivity index (χ0v) is 25.1. The lowest BCUT2D eigenvalue weighted by Crippen LogP contribution is -1.97. The molecule has 0 amide bonds. The number of hydrogen-bond donors (Lipinski definition) is 3. The summed E-state index contributed by atoms with van der Waals surface area (Å²) in [5.41, 5.74) is 5.47. The van der Waals surface area contributed by atoms with Gasteiger partial charge in [0.1, 0.15) is 0 Å². The monoisotopic (exact) mass is 515 g/mol. The van der Waals surface area contributed by atoms with Gasteiger partial charge in [0.15, 0.2) is 0 Å². The van der Waals surface area contributed by atoms with Gasteiger partial charge in [-0.1, -0.05) is 174 Å². The summed E-state index contributed by atoms with van der Waals surface area (Å²) in [6.45, 7) is 5.42. The van der Waals surface area contributed by atoms with Crippen LogP contribution in [0.1, 0.15) is 194 Å². The van der Waals surface area contributed by atoms with Crippen LogP contribution >= 0.6 is 0 Å². The highest BCUT2D eigenvalue weighted by molar-refractivity contribution is 5.66. The molecule has 4 heteroatoms. The number of rotatable bonds is 28. The molecule has 0 aromatic rings. The zero-order chi connectivity index (χ0) is 26.1. The van der Waals surface area contributed by atoms with Crippen molar-refractivity contribution in [3.05, 3.63) is 0 Å². The van der Waals surface area contributed by atoms with E-state index in [4.69, 9.17) is 10.8 Å². The van der Waals surface area contributed by atoms with Gasteiger partial charge in [0.25, 0.3) is 0 Å². The number of carbonyl (C=O) groups is 1. The van der Waals surface area contributed by atoms with Crippen molar-refractivity contribution in [1.29, 1.82) is 0 Å². The SMILES string of the molecule is CCCCCCCCCCCCCCCC(=O)O.CCCCCCCCCCCCCCCCN.N. The van der Waals surface area contributed by atoms with E-state index < -0.39 is 5.97 Å². The second kappa shape index (κ2) is 38.9. The third-order valence-corrected chi connectivity index (χ3v) is 7.05. The second-order valence-corrected chi connectivity index (χ2v) is 10.8. The van der Waals surface area contributed by atoms with Crippen LogP contribution in [0.15, 0.2) is 0 Å². The topological polar surface area (TPSA) is 98.3 Å². The first-order valence-corrected chi connectivity index (χ1v) is 16.1. The third kappa shape index (κ3) is 43.5. The fourth-order valence-electron chi connectivity index (χ4n) is 4.63. The highest BCUT2D eigenvalue weighted by Crippen LogP contribution is 2.14. The number of carboxylic acids is 1. The van der Waals surface area contributed by atoms with E-state index >= 15 is 0 Å². The van der Waals surface area contributed by atoms with Crippen molar-refractivity contribution >= 4 is 5.97 Å². The lowest BCUT2D eigenvalue weighted by molar-refractivity contribution is -0.137. The van der Waals surface area contributed by atoms with Crippen LogP contribution in [0.5, 0.6) is 0 Å². The molecule has 6 N–H and O–H groups in total. The summed E-state index contributed by atoms with van der Waals surface area (Å²) in [4.78, 5) is 10.3. The van der Waals surface area contributed by atoms with Crippen LogP contribution in [0.3, 0.4) is 0 Å². The second-order valence-electron chi connectivity index (χ2n) is 10.8. The molecule has 220 valence electrons. The molecular formula is C32H70N2O2. The molecule has 0 saturated heterocycles. The minimum Gasteiger partial charge on any atom is -0.481 e. The van der Waals surface area contributed by atoms with E-state index in [1.54, 1.807) is 0 Å². The molecular weight excluding hydrogens is 444 g/mol. The highest BCUT2D eigenvalue weighted by atomic mass is 16.4. The first kappa shape index (κ1) is 39.9. The van der Waals surface area contributed by atoms with Gasteiger partial charge in [0.2, 0.25) is 0 Å². The van der Waals surface area contributed by atoms with Crippen molar-refractivity contribution in [2.45, 2.75) is 194 Å². The molecule has 0 radical (unpaired) electrons. The Balaban J connectivity index is -0.000000590. The summed E-state index contributed by atoms with van der Waals surface area (Å²) in [5, 5.41) is 8.49. The average molecular weight is 515 g/mol. The predicted molar refractivity (Wildman–Crippen MR) is 162 cm³/mol. The smallest absolute Gasteiger partial charge is 0.303 e. The maximum Gasteiger partial charge on any atom is 0.303 e. The number of nitrogens with two attached hydrogens (primary N) is 1. The molecule has 0 rings (SSSR count). The van der Waals surface area contributed by atoms with E-state index in [0.29, 0.717) is 6.42 Å². The molecule has 0 aliphatic rings. The van der Waals surface area contributed by atoms with Gasteiger partial charge >= 0.3 is 5.97 Å². The standard InChI is InChI=1S/C16H35N.C16H32O2.H3N/c1-2-3-4-5-6-7-8-9-10-11-12-13-14-15-16-17;1-2-3-4-5-6-7-8-9-10-11-12-13-14-15-16(17)18;/h2-17H2,1H3;2-15H2,1H3,(H,17,18);1H3. The lowest BCUT2D eigenvalue weighted by Gasteiger charge is -2.02. The van der Waals surface area contributed by atoms with Crippen LogP contribution in [0.25, 0.3) is 0 Å². The molecule has 36 heavy (non-hydrogen) atoms. The van der Waals surface area contributed by atoms with Gasteiger partial charge in [-0.2, -0.15) is 0 Å². The molecule has 4 nitrogen and oxygen atoms in total. The van der Waals surface area contributed by atoms with Gasteiger partial charge < -0.3 is 17.0 Å². The zero-order valence-electron chi connectivity index (χ0n) is 25.1. The van der Waals surface area contributed by atoms with Crippen LogP contribution in [-0.4, -0.2) is 17.6 Å². The first-order chi connectivity index (χ1) is 17.2. The Labute approximate surface area is 227 Å². The van der Waals surface area contributed by atoms with Crippen molar-refractivity contribution in [2.24, 2.45) is 5.73 Å². The molecule has 0 aliphatic heterocycles. The van der Waals surface area contributed by atoms with Crippen molar-refractivity contribution in [2.75, 3.05) is 6.54 Å². The van der Waals surface area contributed by atoms with Gasteiger partial charge in [-0.15, -0.1) is 0 Å². The fourth-order valence-corrected chi connectivity index (χ4v) is 4.63. The Bertz CT molecular complexity index is 363. The molecule has 0 atom stereocenters. The molecule has 0 aromatic carbocycles. The fraction of sp³-hybridized carbons (Fsp3) is 0.969. The molecule has 0 unspecified atom stereocenters. The highest BCUT2D eigenvalue weighted by Gasteiger charge is 1.97. The molecule has 0 heterocycles. The van der Waals surface area contributed by atoms with Crippen molar-refractivity contribution < 1.29 is 9.90 Å². The number of carboxylic acid groups (broad SMARTS) is 1. The van der Waals surface area contributed by atoms with Crippen LogP contribution in [0, 0.1) is 0 Å². The van der Waals surface area contributed by atoms with Gasteiger partial charge in [0, 0.05) is 6.42 Å². The largest absolute Gasteiger partial charge is 0.481 e. The van der Waals surface area contributed by atoms with Gasteiger partial charge in [-0.05, 0) is 19.4 Å². The normalized spacial score (nSPS) is 10.5. The van der Waals surface area contributed by atoms with Gasteiger partial charge in [-0.25, -0.2) is 0 Å². The summed E-state index contributed by atoms with van der Waals surface area (Å²) >= 11 is 0. The molecule has 0 aliphatic carbocycles. The molecule has 0 saturated carbocycles. The van der Waals surface area contributed by atoms with Crippen molar-refractivity contribution in [3.63, 3.8) is 0 Å². The van der Waals surface area contributed by atoms with Crippen LogP contribution < -0.4 is 11.9 Å². The minimum absolute atomic E-state index is 0. The predicted octanol–water partition coefficient (Wildman–Crippen LogP) is 11.1. The Morgan fingerprint density at radius 1 is 0.444 bits per heavy atom. The maximum atomic E-state index is 10.3. The lowest BCUT2D eigenvalue weighted by atomic mass is 10.0. The first-order valence-electron chi connectivity index (χ1n) is 16.1. The minimum atomic E-state index is -0.655. The summed E-state index contributed by atoms with van der Waals surface area (Å²) in [5.74, 6) is -0.655. The van der Waals surface area contributed by atoms with E-state index in [2.05, 4.69) is 13.8 Å². The average Bonchev–Trinajstić information content (AvgIpc) is 2.85. The van der Waals surface area contributed by atoms with Crippen molar-refractivity contribution in [3.8, 4) is 0 Å². The molecule has 0 bridgehead atoms. The summed E-state index contributed by atoms with van der Waals surface area (Å²) in [7, 11) is 0. The molecule has 0 spiro atoms. The Morgan fingerprint density at radius 2 is 0.667 bits per heavy atom. The van der Waals surface area contributed by atoms with Gasteiger partial charge in [0.05, 0.1) is 0 Å². The van der Waals surface area contributed by atoms with E-state index in [1.807, 2.05) is 0 Å². The number of aliphatic carboxylic acids is 1. The molecule has 0 aromatic heterocycles. The van der Waals surface area contributed by atoms with Gasteiger partial charge in [-0.3, -0.25) is 4.79 Å². The summed E-state index contributed by atoms with van der Waals surface area (Å²) < 4.78 is 0. The summed E-state index contributed by atoms with van der Waals surface area (Å²) in [6, 6.07) is 0. The quantitative estimate of drug-likeness (QED) is 0.0904. The Hall–Kier alpha value is -0.610. The maximum absolute atomic E-state index is 10.3. The number of hydrogen-bond acceptors (Lipinski definition) is 3.